The van der Waals surface area contributed by atoms with Gasteiger partial charge in [-0.2, -0.15) is 0 Å². The van der Waals surface area contributed by atoms with Crippen molar-refractivity contribution >= 4 is 23.6 Å². The first-order valence-corrected chi connectivity index (χ1v) is 13.5. The van der Waals surface area contributed by atoms with Crippen LogP contribution >= 0.6 is 0 Å². The van der Waals surface area contributed by atoms with Gasteiger partial charge in [0.25, 0.3) is 0 Å². The highest BCUT2D eigenvalue weighted by Gasteiger charge is 2.40. The molecule has 180 valence electrons. The summed E-state index contributed by atoms with van der Waals surface area (Å²) in [5.41, 5.74) is 9.11. The first-order valence-electron chi connectivity index (χ1n) is 13.5. The maximum absolute atomic E-state index is 5.18. The molecule has 2 N–H and O–H groups in total. The molecule has 35 heavy (non-hydrogen) atoms. The van der Waals surface area contributed by atoms with Crippen LogP contribution in [0.3, 0.4) is 0 Å². The Balaban J connectivity index is 1.54. The summed E-state index contributed by atoms with van der Waals surface area (Å²) >= 11 is 0. The molecule has 5 heterocycles. The van der Waals surface area contributed by atoms with Gasteiger partial charge in [0, 0.05) is 22.8 Å². The molecule has 2 aromatic heterocycles. The number of hydrogen-bond acceptors (Lipinski definition) is 2. The number of aromatic amines is 2. The second-order valence-electron chi connectivity index (χ2n) is 10.7. The van der Waals surface area contributed by atoms with E-state index in [1.807, 2.05) is 0 Å². The third-order valence-electron chi connectivity index (χ3n) is 8.42. The summed E-state index contributed by atoms with van der Waals surface area (Å²) in [6, 6.07) is 9.05. The Morgan fingerprint density at radius 3 is 1.69 bits per heavy atom. The average Bonchev–Trinajstić information content (AvgIpc) is 3.67. The van der Waals surface area contributed by atoms with Crippen LogP contribution in [0.15, 0.2) is 69.9 Å². The zero-order valence-electron chi connectivity index (χ0n) is 21.0. The molecule has 0 saturated heterocycles. The molecule has 0 atom stereocenters. The van der Waals surface area contributed by atoms with Crippen molar-refractivity contribution in [1.82, 2.24) is 9.97 Å². The molecule has 4 aliphatic rings. The summed E-state index contributed by atoms with van der Waals surface area (Å²) in [6.45, 7) is 4.54. The molecular weight excluding hydrogens is 428 g/mol. The summed E-state index contributed by atoms with van der Waals surface area (Å²) in [6.07, 6.45) is 23.7. The van der Waals surface area contributed by atoms with E-state index in [4.69, 9.17) is 9.98 Å². The lowest BCUT2D eigenvalue weighted by molar-refractivity contribution is 0.333. The predicted octanol–water partition coefficient (Wildman–Crippen LogP) is 7.90. The van der Waals surface area contributed by atoms with Crippen LogP contribution < -0.4 is 0 Å². The van der Waals surface area contributed by atoms with E-state index in [9.17, 15) is 0 Å². The van der Waals surface area contributed by atoms with E-state index in [-0.39, 0.29) is 10.8 Å². The van der Waals surface area contributed by atoms with Gasteiger partial charge in [-0.05, 0) is 86.4 Å². The van der Waals surface area contributed by atoms with Gasteiger partial charge in [-0.1, -0.05) is 46.0 Å². The Morgan fingerprint density at radius 1 is 0.686 bits per heavy atom. The third-order valence-corrected chi connectivity index (χ3v) is 8.42. The third kappa shape index (κ3) is 3.74. The van der Waals surface area contributed by atoms with Crippen molar-refractivity contribution in [1.29, 1.82) is 0 Å². The number of allylic oxidation sites excluding steroid dienone is 4. The molecule has 0 unspecified atom stereocenters. The highest BCUT2D eigenvalue weighted by molar-refractivity contribution is 6.22. The van der Waals surface area contributed by atoms with Crippen molar-refractivity contribution in [3.8, 4) is 0 Å². The van der Waals surface area contributed by atoms with Gasteiger partial charge in [-0.25, -0.2) is 0 Å². The Morgan fingerprint density at radius 2 is 1.20 bits per heavy atom. The first kappa shape index (κ1) is 22.3. The number of nitrogens with one attached hydrogen (secondary N) is 2. The van der Waals surface area contributed by atoms with E-state index < -0.39 is 0 Å². The van der Waals surface area contributed by atoms with Gasteiger partial charge in [-0.3, -0.25) is 9.98 Å². The van der Waals surface area contributed by atoms with Crippen LogP contribution in [-0.4, -0.2) is 21.4 Å². The van der Waals surface area contributed by atoms with Crippen LogP contribution in [0, 0.1) is 5.41 Å². The number of rotatable bonds is 4. The number of H-pyrrole nitrogens is 2. The van der Waals surface area contributed by atoms with Gasteiger partial charge in [-0.15, -0.1) is 0 Å². The van der Waals surface area contributed by atoms with Crippen LogP contribution in [0.25, 0.3) is 12.2 Å². The van der Waals surface area contributed by atoms with Crippen molar-refractivity contribution in [2.75, 3.05) is 0 Å². The van der Waals surface area contributed by atoms with Crippen LogP contribution in [0.1, 0.15) is 94.4 Å². The largest absolute Gasteiger partial charge is 0.358 e. The van der Waals surface area contributed by atoms with Gasteiger partial charge >= 0.3 is 0 Å². The molecule has 1 spiro atoms. The molecule has 4 heteroatoms. The second kappa shape index (κ2) is 8.82. The fourth-order valence-electron chi connectivity index (χ4n) is 6.78. The normalized spacial score (nSPS) is 24.6. The van der Waals surface area contributed by atoms with Crippen LogP contribution in [0.5, 0.6) is 0 Å². The van der Waals surface area contributed by atoms with Gasteiger partial charge in [0.1, 0.15) is 0 Å². The summed E-state index contributed by atoms with van der Waals surface area (Å²) in [7, 11) is 0. The molecule has 0 radical (unpaired) electrons. The summed E-state index contributed by atoms with van der Waals surface area (Å²) in [5.74, 6) is 0. The van der Waals surface area contributed by atoms with E-state index in [2.05, 4.69) is 84.5 Å². The van der Waals surface area contributed by atoms with Gasteiger partial charge < -0.3 is 9.97 Å². The molecule has 2 aromatic rings. The zero-order chi connectivity index (χ0) is 23.9. The monoisotopic (exact) mass is 464 g/mol. The fourth-order valence-corrected chi connectivity index (χ4v) is 6.78. The minimum Gasteiger partial charge on any atom is -0.358 e. The molecule has 1 aliphatic carbocycles. The number of aromatic nitrogens is 2. The van der Waals surface area contributed by atoms with Crippen molar-refractivity contribution in [2.24, 2.45) is 15.4 Å². The van der Waals surface area contributed by atoms with Crippen LogP contribution in [0.4, 0.5) is 0 Å². The molecule has 3 aliphatic heterocycles. The fraction of sp³-hybridized carbons (Fsp3) is 0.419. The average molecular weight is 465 g/mol. The van der Waals surface area contributed by atoms with Gasteiger partial charge in [0.05, 0.1) is 33.6 Å². The minimum absolute atomic E-state index is 0.0140. The zero-order valence-corrected chi connectivity index (χ0v) is 21.0. The van der Waals surface area contributed by atoms with Gasteiger partial charge in [0.15, 0.2) is 0 Å². The van der Waals surface area contributed by atoms with Crippen LogP contribution in [0.2, 0.25) is 0 Å². The lowest BCUT2D eigenvalue weighted by Crippen LogP contribution is -2.36. The Bertz CT molecular complexity index is 1200. The number of hydrogen-bond donors (Lipinski definition) is 2. The van der Waals surface area contributed by atoms with E-state index >= 15 is 0 Å². The minimum atomic E-state index is -0.146. The molecule has 0 amide bonds. The number of aliphatic imine (C=N–C) groups is 2. The van der Waals surface area contributed by atoms with E-state index in [0.717, 1.165) is 59.9 Å². The second-order valence-corrected chi connectivity index (χ2v) is 10.7. The van der Waals surface area contributed by atoms with Crippen molar-refractivity contribution < 1.29 is 0 Å². The van der Waals surface area contributed by atoms with E-state index in [1.165, 1.54) is 43.5 Å². The standard InChI is InChI=1S/C31H36N4/c1-3-16-30(17-4-2)26-12-8-22(32-26)20-24-10-14-28(34-24)31(18-6-5-7-19-31)29-15-11-25(35-29)21-23-9-13-27(30)33-23/h8-15,20-21,34-35H,3-7,16-19H2,1-2H3/b22-20-,23-21-. The Hall–Kier alpha value is -3.14. The quantitative estimate of drug-likeness (QED) is 0.462. The predicted molar refractivity (Wildman–Crippen MR) is 147 cm³/mol. The maximum Gasteiger partial charge on any atom is 0.0654 e. The van der Waals surface area contributed by atoms with Crippen molar-refractivity contribution in [3.05, 3.63) is 82.7 Å². The molecule has 8 bridgehead atoms. The molecule has 1 fully saturated rings. The van der Waals surface area contributed by atoms with Gasteiger partial charge in [0.2, 0.25) is 0 Å². The lowest BCUT2D eigenvalue weighted by Gasteiger charge is -2.36. The lowest BCUT2D eigenvalue weighted by atomic mass is 9.69. The molecule has 1 saturated carbocycles. The number of fused-ring (bicyclic) bond motifs is 8. The topological polar surface area (TPSA) is 56.3 Å². The highest BCUT2D eigenvalue weighted by Crippen LogP contribution is 2.45. The van der Waals surface area contributed by atoms with E-state index in [0.29, 0.717) is 0 Å². The summed E-state index contributed by atoms with van der Waals surface area (Å²) in [5, 5.41) is 0. The molecule has 6 rings (SSSR count). The summed E-state index contributed by atoms with van der Waals surface area (Å²) < 4.78 is 0. The van der Waals surface area contributed by atoms with Crippen LogP contribution in [-0.2, 0) is 5.41 Å². The molecule has 4 nitrogen and oxygen atoms in total. The smallest absolute Gasteiger partial charge is 0.0654 e. The van der Waals surface area contributed by atoms with Crippen molar-refractivity contribution in [2.45, 2.75) is 77.0 Å². The Labute approximate surface area is 208 Å². The van der Waals surface area contributed by atoms with Crippen molar-refractivity contribution in [3.63, 3.8) is 0 Å². The Kier molecular flexibility index (Phi) is 5.63. The summed E-state index contributed by atoms with van der Waals surface area (Å²) in [4.78, 5) is 17.9. The van der Waals surface area contributed by atoms with E-state index in [1.54, 1.807) is 0 Å². The maximum atomic E-state index is 5.18. The molecular formula is C31H36N4. The highest BCUT2D eigenvalue weighted by atomic mass is 14.9. The SMILES string of the molecule is CCCC1(CCC)C2=N/C(=C\c3ccc([nH]3)C3(CCCCC3)c3ccc([nH]3)/C=C3/C=CC1=N3)C=C2. The molecule has 0 aromatic carbocycles. The number of nitrogens with zero attached hydrogens (tertiary/aromatic N) is 2. The first-order chi connectivity index (χ1) is 17.1.